The Bertz CT molecular complexity index is 1410. The number of nitrogens with one attached hydrogen (secondary N) is 2. The van der Waals surface area contributed by atoms with Gasteiger partial charge in [-0.3, -0.25) is 34.3 Å². The average Bonchev–Trinajstić information content (AvgIpc) is 3.69. The summed E-state index contributed by atoms with van der Waals surface area (Å²) in [7, 11) is 0. The van der Waals surface area contributed by atoms with E-state index in [2.05, 4.69) is 10.8 Å². The van der Waals surface area contributed by atoms with Crippen LogP contribution in [0.5, 0.6) is 0 Å². The zero-order chi connectivity index (χ0) is 33.9. The summed E-state index contributed by atoms with van der Waals surface area (Å²) in [5.41, 5.74) is 8.09. The summed E-state index contributed by atoms with van der Waals surface area (Å²) >= 11 is 6.24. The molecule has 1 aromatic rings. The van der Waals surface area contributed by atoms with Gasteiger partial charge in [0.15, 0.2) is 5.78 Å². The molecule has 0 aromatic heterocycles. The summed E-state index contributed by atoms with van der Waals surface area (Å²) in [5.74, 6) is -2.95. The number of carbonyl (C=O) groups is 5. The summed E-state index contributed by atoms with van der Waals surface area (Å²) in [6.45, 7) is 5.74. The highest BCUT2D eigenvalue weighted by Crippen LogP contribution is 2.41. The number of hydrogen-bond donors (Lipinski definition) is 3. The van der Waals surface area contributed by atoms with E-state index >= 15 is 0 Å². The van der Waals surface area contributed by atoms with Crippen LogP contribution in [-0.4, -0.2) is 58.4 Å². The number of carbonyl (C=O) groups excluding carboxylic acids is 5. The van der Waals surface area contributed by atoms with Gasteiger partial charge in [0, 0.05) is 35.8 Å². The van der Waals surface area contributed by atoms with E-state index in [-0.39, 0.29) is 48.8 Å². The number of amides is 3. The van der Waals surface area contributed by atoms with Crippen molar-refractivity contribution in [3.63, 3.8) is 0 Å². The molecule has 10 nitrogen and oxygen atoms in total. The molecule has 2 saturated carbocycles. The average molecular weight is 669 g/mol. The molecule has 5 rings (SSSR count). The van der Waals surface area contributed by atoms with E-state index in [1.165, 1.54) is 17.7 Å². The van der Waals surface area contributed by atoms with Crippen molar-refractivity contribution in [2.45, 2.75) is 116 Å². The fraction of sp³-hybridized carbons (Fsp3) is 0.639. The maximum Gasteiger partial charge on any atom is 0.285 e. The van der Waals surface area contributed by atoms with Crippen LogP contribution in [-0.2, 0) is 28.8 Å². The van der Waals surface area contributed by atoms with Crippen LogP contribution in [0.15, 0.2) is 30.3 Å². The Labute approximate surface area is 282 Å². The first-order valence-corrected chi connectivity index (χ1v) is 17.5. The third-order valence-corrected chi connectivity index (χ3v) is 10.4. The van der Waals surface area contributed by atoms with Crippen molar-refractivity contribution in [3.8, 4) is 0 Å². The lowest BCUT2D eigenvalue weighted by Gasteiger charge is -2.36. The number of hydrogen-bond acceptors (Lipinski definition) is 7. The molecule has 0 bridgehead atoms. The Hall–Kier alpha value is -3.24. The number of primary amides is 1. The van der Waals surface area contributed by atoms with Crippen molar-refractivity contribution in [1.82, 2.24) is 15.7 Å². The predicted octanol–water partition coefficient (Wildman–Crippen LogP) is 4.88. The fourth-order valence-corrected chi connectivity index (χ4v) is 7.55. The lowest BCUT2D eigenvalue weighted by Crippen LogP contribution is -2.57. The Morgan fingerprint density at radius 1 is 1.06 bits per heavy atom. The van der Waals surface area contributed by atoms with Crippen molar-refractivity contribution in [1.29, 1.82) is 0 Å². The molecule has 11 heteroatoms. The molecule has 3 amide bonds. The Balaban J connectivity index is 1.41. The summed E-state index contributed by atoms with van der Waals surface area (Å²) in [6, 6.07) is 5.43. The van der Waals surface area contributed by atoms with E-state index in [4.69, 9.17) is 22.2 Å². The number of halogens is 1. The second-order valence-electron chi connectivity index (χ2n) is 15.2. The van der Waals surface area contributed by atoms with Gasteiger partial charge >= 0.3 is 0 Å². The zero-order valence-corrected chi connectivity index (χ0v) is 28.6. The van der Waals surface area contributed by atoms with Gasteiger partial charge in [-0.2, -0.15) is 0 Å². The standard InChI is InChI=1S/C36H49ClN4O6/c1-35(2,3)32(39-30(43)16-22-9-6-4-5-7-10-22)34(46)41-21-36(19-27(40-47-36)24-11-8-12-26(37)17-24)20-28(41)29(42)18-25(15-23-13-14-23)31(44)33(38)45/h8,11-12,17,19,22-23,25,28,32,40H,4-7,9-10,13-16,18,20-21H2,1-3H3,(H2,38,45)(H,39,43)/t25-,28+,32-,36-/m1/s1. The van der Waals surface area contributed by atoms with Crippen LogP contribution in [0.2, 0.25) is 5.02 Å². The van der Waals surface area contributed by atoms with Gasteiger partial charge in [-0.05, 0) is 54.7 Å². The fourth-order valence-electron chi connectivity index (χ4n) is 7.36. The molecule has 2 aliphatic heterocycles. The maximum absolute atomic E-state index is 14.5. The molecule has 4 aliphatic rings. The van der Waals surface area contributed by atoms with Crippen molar-refractivity contribution < 1.29 is 28.8 Å². The van der Waals surface area contributed by atoms with E-state index in [1.54, 1.807) is 12.1 Å². The van der Waals surface area contributed by atoms with Gasteiger partial charge in [-0.1, -0.05) is 83.0 Å². The van der Waals surface area contributed by atoms with E-state index in [1.807, 2.05) is 39.0 Å². The van der Waals surface area contributed by atoms with E-state index < -0.39 is 40.7 Å². The first-order chi connectivity index (χ1) is 22.2. The van der Waals surface area contributed by atoms with Crippen LogP contribution in [0, 0.1) is 23.2 Å². The number of hydroxylamine groups is 1. The highest BCUT2D eigenvalue weighted by atomic mass is 35.5. The van der Waals surface area contributed by atoms with Gasteiger partial charge in [0.05, 0.1) is 18.3 Å². The monoisotopic (exact) mass is 668 g/mol. The topological polar surface area (TPSA) is 148 Å². The van der Waals surface area contributed by atoms with Gasteiger partial charge in [0.25, 0.3) is 5.91 Å². The van der Waals surface area contributed by atoms with Crippen molar-refractivity contribution in [2.75, 3.05) is 6.54 Å². The van der Waals surface area contributed by atoms with Crippen LogP contribution in [0.3, 0.4) is 0 Å². The molecule has 3 fully saturated rings. The smallest absolute Gasteiger partial charge is 0.285 e. The summed E-state index contributed by atoms with van der Waals surface area (Å²) in [6.07, 6.45) is 11.1. The molecule has 1 aromatic carbocycles. The molecule has 0 unspecified atom stereocenters. The molecular weight excluding hydrogens is 620 g/mol. The Morgan fingerprint density at radius 3 is 2.38 bits per heavy atom. The van der Waals surface area contributed by atoms with Crippen LogP contribution in [0.1, 0.15) is 103 Å². The number of benzene rings is 1. The van der Waals surface area contributed by atoms with E-state index in [0.717, 1.165) is 44.1 Å². The molecule has 1 spiro atoms. The maximum atomic E-state index is 14.5. The Kier molecular flexibility index (Phi) is 10.8. The molecule has 256 valence electrons. The number of Topliss-reactive ketones (excluding diaryl/α,β-unsaturated/α-hetero) is 2. The largest absolute Gasteiger partial charge is 0.363 e. The molecule has 47 heavy (non-hydrogen) atoms. The van der Waals surface area contributed by atoms with Gasteiger partial charge in [-0.25, -0.2) is 0 Å². The van der Waals surface area contributed by atoms with Crippen molar-refractivity contribution >= 4 is 46.6 Å². The molecular formula is C36H49ClN4O6. The minimum absolute atomic E-state index is 0.0570. The third-order valence-electron chi connectivity index (χ3n) is 10.2. The molecule has 4 atom stereocenters. The number of nitrogens with zero attached hydrogens (tertiary/aromatic N) is 1. The number of ketones is 2. The zero-order valence-electron chi connectivity index (χ0n) is 27.8. The van der Waals surface area contributed by atoms with Gasteiger partial charge in [0.1, 0.15) is 11.6 Å². The summed E-state index contributed by atoms with van der Waals surface area (Å²) in [5, 5.41) is 3.60. The van der Waals surface area contributed by atoms with Gasteiger partial charge in [0.2, 0.25) is 17.6 Å². The highest BCUT2D eigenvalue weighted by Gasteiger charge is 2.53. The molecule has 1 saturated heterocycles. The second kappa shape index (κ2) is 14.5. The SMILES string of the molecule is CC(C)(C)[C@H](NC(=O)CC1CCCCCC1)C(=O)N1C[C@@]2(C=C(c3cccc(Cl)c3)NO2)C[C@H]1C(=O)C[C@@H](CC1CC1)C(=O)C(N)=O. The Morgan fingerprint density at radius 2 is 1.77 bits per heavy atom. The van der Waals surface area contributed by atoms with Gasteiger partial charge < -0.3 is 16.0 Å². The molecule has 0 radical (unpaired) electrons. The van der Waals surface area contributed by atoms with Crippen LogP contribution >= 0.6 is 11.6 Å². The van der Waals surface area contributed by atoms with Gasteiger partial charge in [-0.15, -0.1) is 0 Å². The minimum atomic E-state index is -1.05. The minimum Gasteiger partial charge on any atom is -0.363 e. The molecule has 2 aliphatic carbocycles. The molecule has 2 heterocycles. The number of rotatable bonds is 12. The number of nitrogens with two attached hydrogens (primary N) is 1. The van der Waals surface area contributed by atoms with Crippen LogP contribution in [0.4, 0.5) is 0 Å². The highest BCUT2D eigenvalue weighted by molar-refractivity contribution is 6.36. The van der Waals surface area contributed by atoms with Crippen molar-refractivity contribution in [2.24, 2.45) is 28.9 Å². The second-order valence-corrected chi connectivity index (χ2v) is 15.7. The first kappa shape index (κ1) is 35.1. The lowest BCUT2D eigenvalue weighted by molar-refractivity contribution is -0.145. The molecule has 4 N–H and O–H groups in total. The number of likely N-dealkylation sites (tertiary alicyclic amines) is 1. The van der Waals surface area contributed by atoms with Crippen molar-refractivity contribution in [3.05, 3.63) is 40.9 Å². The lowest BCUT2D eigenvalue weighted by atomic mass is 9.84. The van der Waals surface area contributed by atoms with E-state index in [0.29, 0.717) is 23.6 Å². The quantitative estimate of drug-likeness (QED) is 0.212. The third kappa shape index (κ3) is 8.82. The summed E-state index contributed by atoms with van der Waals surface area (Å²) < 4.78 is 0. The predicted molar refractivity (Wildman–Crippen MR) is 178 cm³/mol. The summed E-state index contributed by atoms with van der Waals surface area (Å²) in [4.78, 5) is 74.4. The first-order valence-electron chi connectivity index (χ1n) is 17.1. The normalized spacial score (nSPS) is 24.6. The van der Waals surface area contributed by atoms with E-state index in [9.17, 15) is 24.0 Å². The van der Waals surface area contributed by atoms with Crippen LogP contribution in [0.25, 0.3) is 5.70 Å². The van der Waals surface area contributed by atoms with Crippen LogP contribution < -0.4 is 16.5 Å².